The molecule has 3 aromatic heterocycles. The Morgan fingerprint density at radius 3 is 2.32 bits per heavy atom. The Morgan fingerprint density at radius 2 is 1.62 bits per heavy atom. The fourth-order valence-electron chi connectivity index (χ4n) is 5.40. The molecule has 34 heavy (non-hydrogen) atoms. The monoisotopic (exact) mass is 456 g/mol. The van der Waals surface area contributed by atoms with Crippen LogP contribution in [0.3, 0.4) is 0 Å². The predicted molar refractivity (Wildman–Crippen MR) is 127 cm³/mol. The second-order valence-corrected chi connectivity index (χ2v) is 9.32. The van der Waals surface area contributed by atoms with Gasteiger partial charge in [0.15, 0.2) is 5.69 Å². The van der Waals surface area contributed by atoms with Crippen LogP contribution in [-0.4, -0.2) is 56.6 Å². The van der Waals surface area contributed by atoms with E-state index in [9.17, 15) is 9.18 Å². The van der Waals surface area contributed by atoms with E-state index in [1.807, 2.05) is 43.0 Å². The molecule has 2 fully saturated rings. The standard InChI is InChI=1S/C26H25FN6O/c1-16-11-17(2)29-26(28-16)32-14-18-12-31(13-19(18)15-32)25(34)24-23(20-7-3-4-8-21(20)27)22-9-5-6-10-33(22)30-24/h3-11,18-19H,12-15H2,1-2H3. The maximum absolute atomic E-state index is 14.8. The zero-order chi connectivity index (χ0) is 23.4. The molecule has 0 aliphatic carbocycles. The van der Waals surface area contributed by atoms with Gasteiger partial charge in [-0.15, -0.1) is 0 Å². The molecule has 1 aromatic carbocycles. The van der Waals surface area contributed by atoms with Gasteiger partial charge >= 0.3 is 0 Å². The summed E-state index contributed by atoms with van der Waals surface area (Å²) in [5.74, 6) is 0.958. The number of fused-ring (bicyclic) bond motifs is 2. The predicted octanol–water partition coefficient (Wildman–Crippen LogP) is 3.76. The molecule has 0 radical (unpaired) electrons. The molecule has 2 unspecified atom stereocenters. The topological polar surface area (TPSA) is 66.6 Å². The molecule has 2 atom stereocenters. The zero-order valence-electron chi connectivity index (χ0n) is 19.1. The molecule has 0 saturated carbocycles. The minimum atomic E-state index is -0.363. The van der Waals surface area contributed by atoms with Crippen LogP contribution in [0.2, 0.25) is 0 Å². The molecule has 1 amide bonds. The van der Waals surface area contributed by atoms with Gasteiger partial charge in [-0.05, 0) is 38.1 Å². The first-order valence-electron chi connectivity index (χ1n) is 11.6. The van der Waals surface area contributed by atoms with Gasteiger partial charge in [-0.2, -0.15) is 5.10 Å². The second kappa shape index (κ2) is 7.90. The third-order valence-electron chi connectivity index (χ3n) is 6.91. The van der Waals surface area contributed by atoms with Gasteiger partial charge in [0.2, 0.25) is 5.95 Å². The average molecular weight is 457 g/mol. The number of aromatic nitrogens is 4. The Balaban J connectivity index is 1.28. The van der Waals surface area contributed by atoms with Crippen LogP contribution in [0.4, 0.5) is 10.3 Å². The number of halogens is 1. The first-order valence-corrected chi connectivity index (χ1v) is 11.6. The molecular formula is C26H25FN6O. The van der Waals surface area contributed by atoms with Gasteiger partial charge < -0.3 is 9.80 Å². The lowest BCUT2D eigenvalue weighted by atomic mass is 10.0. The van der Waals surface area contributed by atoms with Crippen LogP contribution in [0, 0.1) is 31.5 Å². The fourth-order valence-corrected chi connectivity index (χ4v) is 5.40. The molecule has 0 spiro atoms. The Bertz CT molecular complexity index is 1380. The zero-order valence-corrected chi connectivity index (χ0v) is 19.1. The molecule has 0 N–H and O–H groups in total. The number of aryl methyl sites for hydroxylation is 2. The van der Waals surface area contributed by atoms with Crippen LogP contribution in [0.5, 0.6) is 0 Å². The number of anilines is 1. The van der Waals surface area contributed by atoms with Gasteiger partial charge in [0.1, 0.15) is 5.82 Å². The quantitative estimate of drug-likeness (QED) is 0.470. The van der Waals surface area contributed by atoms with E-state index in [4.69, 9.17) is 0 Å². The van der Waals surface area contributed by atoms with Crippen molar-refractivity contribution in [2.24, 2.45) is 11.8 Å². The summed E-state index contributed by atoms with van der Waals surface area (Å²) in [5.41, 5.74) is 3.88. The van der Waals surface area contributed by atoms with E-state index in [2.05, 4.69) is 20.0 Å². The number of carbonyl (C=O) groups is 1. The Kier molecular flexibility index (Phi) is 4.83. The third-order valence-corrected chi connectivity index (χ3v) is 6.91. The summed E-state index contributed by atoms with van der Waals surface area (Å²) in [7, 11) is 0. The first-order chi connectivity index (χ1) is 16.5. The number of amides is 1. The molecule has 6 rings (SSSR count). The Labute approximate surface area is 196 Å². The van der Waals surface area contributed by atoms with Crippen LogP contribution < -0.4 is 4.90 Å². The molecule has 0 bridgehead atoms. The van der Waals surface area contributed by atoms with Crippen molar-refractivity contribution in [1.29, 1.82) is 0 Å². The van der Waals surface area contributed by atoms with Crippen LogP contribution >= 0.6 is 0 Å². The SMILES string of the molecule is Cc1cc(C)nc(N2CC3CN(C(=O)c4nn5ccccc5c4-c4ccccc4F)CC3C2)n1. The molecule has 172 valence electrons. The minimum absolute atomic E-state index is 0.148. The van der Waals surface area contributed by atoms with Crippen LogP contribution in [0.1, 0.15) is 21.9 Å². The number of hydrogen-bond donors (Lipinski definition) is 0. The number of nitrogens with zero attached hydrogens (tertiary/aromatic N) is 6. The van der Waals surface area contributed by atoms with Gasteiger partial charge in [-0.25, -0.2) is 18.9 Å². The van der Waals surface area contributed by atoms with Crippen LogP contribution in [-0.2, 0) is 0 Å². The summed E-state index contributed by atoms with van der Waals surface area (Å²) in [6.07, 6.45) is 1.79. The van der Waals surface area contributed by atoms with Gasteiger partial charge in [-0.1, -0.05) is 24.3 Å². The van der Waals surface area contributed by atoms with Crippen LogP contribution in [0.15, 0.2) is 54.7 Å². The van der Waals surface area contributed by atoms with Crippen molar-refractivity contribution >= 4 is 17.4 Å². The second-order valence-electron chi connectivity index (χ2n) is 9.32. The number of carbonyl (C=O) groups excluding carboxylic acids is 1. The first kappa shape index (κ1) is 20.8. The van der Waals surface area contributed by atoms with Gasteiger partial charge in [0, 0.05) is 66.7 Å². The molecule has 2 aliphatic heterocycles. The van der Waals surface area contributed by atoms with Crippen molar-refractivity contribution < 1.29 is 9.18 Å². The van der Waals surface area contributed by atoms with E-state index in [-0.39, 0.29) is 11.7 Å². The largest absolute Gasteiger partial charge is 0.340 e. The van der Waals surface area contributed by atoms with Crippen molar-refractivity contribution in [3.05, 3.63) is 77.6 Å². The Morgan fingerprint density at radius 1 is 0.941 bits per heavy atom. The molecule has 8 heteroatoms. The van der Waals surface area contributed by atoms with Crippen molar-refractivity contribution in [3.8, 4) is 11.1 Å². The lowest BCUT2D eigenvalue weighted by Gasteiger charge is -2.22. The highest BCUT2D eigenvalue weighted by Gasteiger charge is 2.43. The minimum Gasteiger partial charge on any atom is -0.340 e. The smallest absolute Gasteiger partial charge is 0.275 e. The summed E-state index contributed by atoms with van der Waals surface area (Å²) in [6.45, 7) is 6.91. The number of hydrogen-bond acceptors (Lipinski definition) is 5. The lowest BCUT2D eigenvalue weighted by Crippen LogP contribution is -2.34. The highest BCUT2D eigenvalue weighted by molar-refractivity contribution is 6.03. The van der Waals surface area contributed by atoms with E-state index in [0.717, 1.165) is 30.4 Å². The average Bonchev–Trinajstić information content (AvgIpc) is 3.50. The summed E-state index contributed by atoms with van der Waals surface area (Å²) in [6, 6.07) is 14.1. The third kappa shape index (κ3) is 3.41. The van der Waals surface area contributed by atoms with Crippen molar-refractivity contribution in [2.45, 2.75) is 13.8 Å². The number of likely N-dealkylation sites (tertiary alicyclic amines) is 1. The number of benzene rings is 1. The van der Waals surface area contributed by atoms with E-state index in [1.54, 1.807) is 28.9 Å². The van der Waals surface area contributed by atoms with Crippen molar-refractivity contribution in [3.63, 3.8) is 0 Å². The van der Waals surface area contributed by atoms with E-state index in [0.29, 0.717) is 47.3 Å². The highest BCUT2D eigenvalue weighted by Crippen LogP contribution is 2.36. The Hall–Kier alpha value is -3.81. The van der Waals surface area contributed by atoms with Gasteiger partial charge in [0.25, 0.3) is 5.91 Å². The molecule has 2 aliphatic rings. The number of rotatable bonds is 3. The fraction of sp³-hybridized carbons (Fsp3) is 0.308. The van der Waals surface area contributed by atoms with Crippen molar-refractivity contribution in [1.82, 2.24) is 24.5 Å². The highest BCUT2D eigenvalue weighted by atomic mass is 19.1. The number of pyridine rings is 1. The maximum Gasteiger partial charge on any atom is 0.275 e. The van der Waals surface area contributed by atoms with E-state index >= 15 is 0 Å². The molecule has 7 nitrogen and oxygen atoms in total. The molecule has 5 heterocycles. The molecule has 4 aromatic rings. The van der Waals surface area contributed by atoms with Gasteiger partial charge in [-0.3, -0.25) is 4.79 Å². The summed E-state index contributed by atoms with van der Waals surface area (Å²) in [5, 5.41) is 4.58. The normalized spacial score (nSPS) is 19.7. The van der Waals surface area contributed by atoms with Crippen molar-refractivity contribution in [2.75, 3.05) is 31.1 Å². The van der Waals surface area contributed by atoms with E-state index in [1.165, 1.54) is 6.07 Å². The van der Waals surface area contributed by atoms with Crippen LogP contribution in [0.25, 0.3) is 16.6 Å². The maximum atomic E-state index is 14.8. The molecule has 2 saturated heterocycles. The summed E-state index contributed by atoms with van der Waals surface area (Å²) < 4.78 is 16.4. The lowest BCUT2D eigenvalue weighted by molar-refractivity contribution is 0.0777. The van der Waals surface area contributed by atoms with Gasteiger partial charge in [0.05, 0.1) is 5.52 Å². The van der Waals surface area contributed by atoms with E-state index < -0.39 is 0 Å². The summed E-state index contributed by atoms with van der Waals surface area (Å²) in [4.78, 5) is 27.0. The summed E-state index contributed by atoms with van der Waals surface area (Å²) >= 11 is 0. The molecular weight excluding hydrogens is 431 g/mol.